The van der Waals surface area contributed by atoms with Crippen LogP contribution in [0.3, 0.4) is 0 Å². The van der Waals surface area contributed by atoms with Gasteiger partial charge in [0.1, 0.15) is 19.3 Å². The summed E-state index contributed by atoms with van der Waals surface area (Å²) in [7, 11) is -9.90. The Morgan fingerprint density at radius 3 is 0.739 bits per heavy atom. The summed E-state index contributed by atoms with van der Waals surface area (Å²) in [5, 5.41) is 10.6. The van der Waals surface area contributed by atoms with Crippen molar-refractivity contribution < 1.29 is 80.2 Å². The number of rotatable bonds is 71. The lowest BCUT2D eigenvalue weighted by Gasteiger charge is -2.21. The molecule has 0 rings (SSSR count). The molecule has 0 aromatic carbocycles. The van der Waals surface area contributed by atoms with E-state index in [1.165, 1.54) is 167 Å². The molecule has 17 nitrogen and oxygen atoms in total. The van der Waals surface area contributed by atoms with Crippen molar-refractivity contribution in [3.05, 3.63) is 0 Å². The molecule has 0 saturated carbocycles. The fraction of sp³-hybridized carbons (Fsp3) is 0.945. The largest absolute Gasteiger partial charge is 0.472 e. The molecule has 0 amide bonds. The molecule has 546 valence electrons. The Bertz CT molecular complexity index is 1800. The van der Waals surface area contributed by atoms with E-state index in [-0.39, 0.29) is 25.7 Å². The Labute approximate surface area is 562 Å². The minimum atomic E-state index is -4.95. The predicted molar refractivity (Wildman–Crippen MR) is 372 cm³/mol. The summed E-state index contributed by atoms with van der Waals surface area (Å²) in [6.45, 7) is 11.8. The van der Waals surface area contributed by atoms with Gasteiger partial charge in [0.05, 0.1) is 26.4 Å². The van der Waals surface area contributed by atoms with E-state index >= 15 is 0 Å². The molecule has 0 fully saturated rings. The number of ether oxygens (including phenoxy) is 4. The van der Waals surface area contributed by atoms with Gasteiger partial charge in [0.25, 0.3) is 0 Å². The molecule has 0 aliphatic rings. The van der Waals surface area contributed by atoms with Crippen LogP contribution in [0, 0.1) is 17.8 Å². The highest BCUT2D eigenvalue weighted by molar-refractivity contribution is 7.47. The number of phosphoric ester groups is 2. The normalized spacial score (nSPS) is 14.1. The lowest BCUT2D eigenvalue weighted by atomic mass is 10.0. The minimum Gasteiger partial charge on any atom is -0.462 e. The van der Waals surface area contributed by atoms with Crippen molar-refractivity contribution in [2.24, 2.45) is 17.8 Å². The second-order valence-electron chi connectivity index (χ2n) is 27.8. The van der Waals surface area contributed by atoms with Gasteiger partial charge in [-0.3, -0.25) is 37.3 Å². The molecule has 0 aliphatic carbocycles. The van der Waals surface area contributed by atoms with Crippen LogP contribution in [0.1, 0.15) is 370 Å². The summed E-state index contributed by atoms with van der Waals surface area (Å²) >= 11 is 0. The zero-order chi connectivity index (χ0) is 68.0. The number of carbonyl (C=O) groups excluding carboxylic acids is 4. The first-order valence-corrected chi connectivity index (χ1v) is 40.8. The summed E-state index contributed by atoms with van der Waals surface area (Å²) in [5.74, 6) is 0.169. The van der Waals surface area contributed by atoms with E-state index in [2.05, 4.69) is 48.5 Å². The van der Waals surface area contributed by atoms with Crippen molar-refractivity contribution >= 4 is 39.5 Å². The number of aliphatic hydroxyl groups excluding tert-OH is 1. The maximum Gasteiger partial charge on any atom is 0.472 e. The fourth-order valence-electron chi connectivity index (χ4n) is 11.1. The molecule has 92 heavy (non-hydrogen) atoms. The monoisotopic (exact) mass is 1350 g/mol. The van der Waals surface area contributed by atoms with Crippen LogP contribution in [-0.2, 0) is 65.4 Å². The van der Waals surface area contributed by atoms with Gasteiger partial charge in [0.2, 0.25) is 0 Å². The fourth-order valence-corrected chi connectivity index (χ4v) is 12.7. The van der Waals surface area contributed by atoms with Crippen molar-refractivity contribution in [3.63, 3.8) is 0 Å². The predicted octanol–water partition coefficient (Wildman–Crippen LogP) is 21.0. The van der Waals surface area contributed by atoms with Crippen LogP contribution in [0.5, 0.6) is 0 Å². The molecule has 3 N–H and O–H groups in total. The molecule has 2 unspecified atom stereocenters. The smallest absolute Gasteiger partial charge is 0.462 e. The summed E-state index contributed by atoms with van der Waals surface area (Å²) in [6.07, 6.45) is 48.9. The number of aliphatic hydroxyl groups is 1. The first-order chi connectivity index (χ1) is 44.2. The second-order valence-corrected chi connectivity index (χ2v) is 30.7. The van der Waals surface area contributed by atoms with E-state index in [0.717, 1.165) is 115 Å². The van der Waals surface area contributed by atoms with Gasteiger partial charge in [-0.25, -0.2) is 9.13 Å². The van der Waals surface area contributed by atoms with E-state index in [0.29, 0.717) is 31.6 Å². The number of hydrogen-bond donors (Lipinski definition) is 3. The van der Waals surface area contributed by atoms with Crippen molar-refractivity contribution in [2.75, 3.05) is 39.6 Å². The van der Waals surface area contributed by atoms with Crippen molar-refractivity contribution in [1.82, 2.24) is 0 Å². The van der Waals surface area contributed by atoms with Crippen molar-refractivity contribution in [3.8, 4) is 0 Å². The third-order valence-corrected chi connectivity index (χ3v) is 18.8. The minimum absolute atomic E-state index is 0.103. The van der Waals surface area contributed by atoms with E-state index in [1.54, 1.807) is 0 Å². The summed E-state index contributed by atoms with van der Waals surface area (Å²) in [6, 6.07) is 0. The molecular formula is C73H142O17P2. The zero-order valence-corrected chi connectivity index (χ0v) is 61.8. The zero-order valence-electron chi connectivity index (χ0n) is 60.0. The number of unbranched alkanes of at least 4 members (excludes halogenated alkanes) is 39. The second kappa shape index (κ2) is 63.8. The standard InChI is InChI=1S/C73H142O17P2/c1-8-9-10-11-30-40-47-54-70(75)83-60-68(90-73(78)57-50-43-36-29-33-39-46-53-66(6)7)62-87-91(79,80)85-58-67(74)59-86-92(81,82)88-63-69(61-84-71(76)55-48-41-34-27-23-19-16-15-18-22-26-32-38-45-52-65(4)5)89-72(77)56-49-42-35-28-24-20-14-12-13-17-21-25-31-37-44-51-64(2)3/h64-69,74H,8-63H2,1-7H3,(H,79,80)(H,81,82)/t67-,68+,69+/m0/s1. The third kappa shape index (κ3) is 66.7. The van der Waals surface area contributed by atoms with Gasteiger partial charge in [-0.1, -0.05) is 318 Å². The highest BCUT2D eigenvalue weighted by atomic mass is 31.2. The van der Waals surface area contributed by atoms with Crippen LogP contribution in [0.2, 0.25) is 0 Å². The maximum absolute atomic E-state index is 13.1. The van der Waals surface area contributed by atoms with Crippen LogP contribution in [0.4, 0.5) is 0 Å². The number of carbonyl (C=O) groups is 4. The Hall–Kier alpha value is -1.94. The molecule has 5 atom stereocenters. The molecule has 0 aromatic rings. The van der Waals surface area contributed by atoms with E-state index in [1.807, 2.05) is 0 Å². The van der Waals surface area contributed by atoms with Crippen LogP contribution < -0.4 is 0 Å². The van der Waals surface area contributed by atoms with Crippen molar-refractivity contribution in [2.45, 2.75) is 388 Å². The summed E-state index contributed by atoms with van der Waals surface area (Å²) in [4.78, 5) is 72.5. The highest BCUT2D eigenvalue weighted by Crippen LogP contribution is 2.45. The molecule has 0 bridgehead atoms. The van der Waals surface area contributed by atoms with Crippen LogP contribution in [0.15, 0.2) is 0 Å². The molecule has 0 spiro atoms. The Morgan fingerprint density at radius 1 is 0.293 bits per heavy atom. The van der Waals surface area contributed by atoms with Gasteiger partial charge in [0.15, 0.2) is 12.2 Å². The highest BCUT2D eigenvalue weighted by Gasteiger charge is 2.30. The number of esters is 4. The molecule has 19 heteroatoms. The first-order valence-electron chi connectivity index (χ1n) is 37.8. The van der Waals surface area contributed by atoms with Crippen LogP contribution in [0.25, 0.3) is 0 Å². The molecule has 0 aliphatic heterocycles. The van der Waals surface area contributed by atoms with Gasteiger partial charge >= 0.3 is 39.5 Å². The van der Waals surface area contributed by atoms with Gasteiger partial charge in [-0.2, -0.15) is 0 Å². The quantitative estimate of drug-likeness (QED) is 0.0222. The average molecular weight is 1350 g/mol. The molecule has 0 aromatic heterocycles. The van der Waals surface area contributed by atoms with E-state index in [4.69, 9.17) is 37.0 Å². The van der Waals surface area contributed by atoms with Crippen molar-refractivity contribution in [1.29, 1.82) is 0 Å². The summed E-state index contributed by atoms with van der Waals surface area (Å²) < 4.78 is 68.3. The van der Waals surface area contributed by atoms with Crippen LogP contribution >= 0.6 is 15.6 Å². The maximum atomic E-state index is 13.1. The van der Waals surface area contributed by atoms with Gasteiger partial charge in [0, 0.05) is 25.7 Å². The van der Waals surface area contributed by atoms with Gasteiger partial charge in [-0.15, -0.1) is 0 Å². The van der Waals surface area contributed by atoms with Crippen LogP contribution in [-0.4, -0.2) is 96.7 Å². The molecular weight excluding hydrogens is 1210 g/mol. The number of hydrogen-bond acceptors (Lipinski definition) is 15. The molecule has 0 saturated heterocycles. The Morgan fingerprint density at radius 2 is 0.500 bits per heavy atom. The Balaban J connectivity index is 5.18. The lowest BCUT2D eigenvalue weighted by molar-refractivity contribution is -0.161. The molecule has 0 radical (unpaired) electrons. The van der Waals surface area contributed by atoms with Gasteiger partial charge < -0.3 is 33.8 Å². The summed E-state index contributed by atoms with van der Waals surface area (Å²) in [5.41, 5.74) is 0. The number of phosphoric acid groups is 2. The topological polar surface area (TPSA) is 237 Å². The van der Waals surface area contributed by atoms with E-state index < -0.39 is 97.5 Å². The van der Waals surface area contributed by atoms with E-state index in [9.17, 15) is 43.2 Å². The lowest BCUT2D eigenvalue weighted by Crippen LogP contribution is -2.30. The van der Waals surface area contributed by atoms with Gasteiger partial charge in [-0.05, 0) is 43.4 Å². The first kappa shape index (κ1) is 90.1. The Kier molecular flexibility index (Phi) is 62.4. The average Bonchev–Trinajstić information content (AvgIpc) is 1.63. The SMILES string of the molecule is CCCCCCCCCC(=O)OC[C@H](COP(=O)(O)OC[C@H](O)COP(=O)(O)OC[C@@H](COC(=O)CCCCCCCCCCCCCCCCC(C)C)OC(=O)CCCCCCCCCCCCCCCCCC(C)C)OC(=O)CCCCCCCCCC(C)C. The third-order valence-electron chi connectivity index (χ3n) is 16.9. The molecule has 0 heterocycles.